The molecule has 0 atom stereocenters. The summed E-state index contributed by atoms with van der Waals surface area (Å²) in [4.78, 5) is 0. The highest BCUT2D eigenvalue weighted by Gasteiger charge is 2.31. The Kier molecular flexibility index (Phi) is 2.67. The number of hydrogen-bond acceptors (Lipinski definition) is 3. The summed E-state index contributed by atoms with van der Waals surface area (Å²) in [6.45, 7) is 1.46. The van der Waals surface area contributed by atoms with Crippen molar-refractivity contribution >= 4 is 21.6 Å². The summed E-state index contributed by atoms with van der Waals surface area (Å²) < 4.78 is 12.8. The second kappa shape index (κ2) is 4.42. The van der Waals surface area contributed by atoms with Gasteiger partial charge in [-0.3, -0.25) is 0 Å². The smallest absolute Gasteiger partial charge is 0.137 e. The summed E-state index contributed by atoms with van der Waals surface area (Å²) in [6, 6.07) is 7.97. The third kappa shape index (κ3) is 1.64. The lowest BCUT2D eigenvalue weighted by Crippen LogP contribution is -1.94. The van der Waals surface area contributed by atoms with Crippen LogP contribution in [0, 0.1) is 0 Å². The molecule has 4 heteroatoms. The Morgan fingerprint density at radius 2 is 1.75 bits per heavy atom. The van der Waals surface area contributed by atoms with Crippen LogP contribution in [0.3, 0.4) is 0 Å². The van der Waals surface area contributed by atoms with E-state index in [1.807, 2.05) is 18.2 Å². The fourth-order valence-electron chi connectivity index (χ4n) is 3.05. The molecule has 2 aromatic carbocycles. The molecule has 102 valence electrons. The van der Waals surface area contributed by atoms with Crippen LogP contribution in [-0.2, 0) is 12.8 Å². The summed E-state index contributed by atoms with van der Waals surface area (Å²) in [5, 5.41) is 0. The van der Waals surface area contributed by atoms with Crippen molar-refractivity contribution in [2.24, 2.45) is 0 Å². The van der Waals surface area contributed by atoms with E-state index in [-0.39, 0.29) is 0 Å². The van der Waals surface area contributed by atoms with E-state index < -0.39 is 0 Å². The lowest BCUT2D eigenvalue weighted by molar-refractivity contribution is 0.354. The number of rotatable bonds is 1. The average molecular weight is 332 g/mol. The Bertz CT molecular complexity index is 677. The molecular formula is C16H14BrNO2. The molecule has 3 nitrogen and oxygen atoms in total. The van der Waals surface area contributed by atoms with Gasteiger partial charge in [-0.15, -0.1) is 0 Å². The largest absolute Gasteiger partial charge is 0.492 e. The molecule has 0 aromatic heterocycles. The van der Waals surface area contributed by atoms with Gasteiger partial charge in [-0.25, -0.2) is 0 Å². The van der Waals surface area contributed by atoms with Gasteiger partial charge in [-0.2, -0.15) is 0 Å². The minimum Gasteiger partial charge on any atom is -0.492 e. The standard InChI is InChI=1S/C16H14BrNO2/c17-14-12-5-7-19-15(12)13(11-4-6-20-16(11)14)9-2-1-3-10(18)8-9/h1-3,8H,4-7,18H2. The molecule has 2 aliphatic heterocycles. The lowest BCUT2D eigenvalue weighted by atomic mass is 9.94. The highest BCUT2D eigenvalue weighted by atomic mass is 79.9. The van der Waals surface area contributed by atoms with E-state index in [0.29, 0.717) is 0 Å². The lowest BCUT2D eigenvalue weighted by Gasteiger charge is -2.15. The first-order valence-electron chi connectivity index (χ1n) is 6.74. The molecule has 2 heterocycles. The number of nitrogen functional groups attached to an aromatic ring is 1. The van der Waals surface area contributed by atoms with Crippen LogP contribution in [0.5, 0.6) is 11.5 Å². The highest BCUT2D eigenvalue weighted by Crippen LogP contribution is 2.51. The molecule has 2 aliphatic rings. The van der Waals surface area contributed by atoms with Crippen LogP contribution in [0.2, 0.25) is 0 Å². The summed E-state index contributed by atoms with van der Waals surface area (Å²) in [5.41, 5.74) is 11.4. The van der Waals surface area contributed by atoms with Crippen molar-refractivity contribution in [3.05, 3.63) is 39.9 Å². The van der Waals surface area contributed by atoms with Gasteiger partial charge < -0.3 is 15.2 Å². The van der Waals surface area contributed by atoms with Gasteiger partial charge >= 0.3 is 0 Å². The summed E-state index contributed by atoms with van der Waals surface area (Å²) in [5.74, 6) is 1.97. The zero-order valence-electron chi connectivity index (χ0n) is 10.9. The minimum absolute atomic E-state index is 0.728. The van der Waals surface area contributed by atoms with Gasteiger partial charge in [0.15, 0.2) is 0 Å². The monoisotopic (exact) mass is 331 g/mol. The summed E-state index contributed by atoms with van der Waals surface area (Å²) in [7, 11) is 0. The first-order valence-corrected chi connectivity index (χ1v) is 7.53. The normalized spacial score (nSPS) is 15.4. The van der Waals surface area contributed by atoms with Gasteiger partial charge in [0.2, 0.25) is 0 Å². The Hall–Kier alpha value is -1.68. The average Bonchev–Trinajstić information content (AvgIpc) is 3.08. The number of anilines is 1. The second-order valence-electron chi connectivity index (χ2n) is 5.13. The van der Waals surface area contributed by atoms with E-state index in [9.17, 15) is 0 Å². The van der Waals surface area contributed by atoms with Crippen LogP contribution in [0.1, 0.15) is 11.1 Å². The van der Waals surface area contributed by atoms with Crippen molar-refractivity contribution in [2.45, 2.75) is 12.8 Å². The molecule has 0 amide bonds. The zero-order valence-corrected chi connectivity index (χ0v) is 12.5. The molecule has 20 heavy (non-hydrogen) atoms. The van der Waals surface area contributed by atoms with Crippen LogP contribution < -0.4 is 15.2 Å². The first kappa shape index (κ1) is 12.1. The van der Waals surface area contributed by atoms with E-state index in [1.165, 1.54) is 11.1 Å². The molecule has 2 aromatic rings. The van der Waals surface area contributed by atoms with Gasteiger partial charge in [-0.1, -0.05) is 12.1 Å². The van der Waals surface area contributed by atoms with Gasteiger partial charge in [0.25, 0.3) is 0 Å². The van der Waals surface area contributed by atoms with Gasteiger partial charge in [0, 0.05) is 35.2 Å². The maximum Gasteiger partial charge on any atom is 0.137 e. The van der Waals surface area contributed by atoms with Crippen LogP contribution in [-0.4, -0.2) is 13.2 Å². The minimum atomic E-state index is 0.728. The fourth-order valence-corrected chi connectivity index (χ4v) is 3.78. The molecule has 2 N–H and O–H groups in total. The topological polar surface area (TPSA) is 44.5 Å². The van der Waals surface area contributed by atoms with Crippen LogP contribution in [0.4, 0.5) is 5.69 Å². The van der Waals surface area contributed by atoms with E-state index in [1.54, 1.807) is 0 Å². The fraction of sp³-hybridized carbons (Fsp3) is 0.250. The molecule has 0 bridgehead atoms. The quantitative estimate of drug-likeness (QED) is 0.812. The predicted molar refractivity (Wildman–Crippen MR) is 82.4 cm³/mol. The van der Waals surface area contributed by atoms with E-state index in [4.69, 9.17) is 15.2 Å². The van der Waals surface area contributed by atoms with Gasteiger partial charge in [0.1, 0.15) is 11.5 Å². The van der Waals surface area contributed by atoms with Crippen LogP contribution >= 0.6 is 15.9 Å². The Morgan fingerprint density at radius 1 is 1.00 bits per heavy atom. The van der Waals surface area contributed by atoms with Crippen LogP contribution in [0.15, 0.2) is 28.7 Å². The van der Waals surface area contributed by atoms with Crippen molar-refractivity contribution in [1.29, 1.82) is 0 Å². The number of hydrogen-bond donors (Lipinski definition) is 1. The molecule has 0 saturated heterocycles. The number of benzene rings is 2. The molecule has 0 radical (unpaired) electrons. The van der Waals surface area contributed by atoms with Crippen molar-refractivity contribution in [2.75, 3.05) is 18.9 Å². The summed E-state index contributed by atoms with van der Waals surface area (Å²) in [6.07, 6.45) is 1.83. The van der Waals surface area contributed by atoms with E-state index >= 15 is 0 Å². The van der Waals surface area contributed by atoms with Crippen molar-refractivity contribution in [3.63, 3.8) is 0 Å². The number of halogens is 1. The zero-order chi connectivity index (χ0) is 13.7. The Balaban J connectivity index is 2.05. The highest BCUT2D eigenvalue weighted by molar-refractivity contribution is 9.10. The van der Waals surface area contributed by atoms with E-state index in [0.717, 1.165) is 58.8 Å². The van der Waals surface area contributed by atoms with Crippen molar-refractivity contribution in [1.82, 2.24) is 0 Å². The molecule has 0 aliphatic carbocycles. The van der Waals surface area contributed by atoms with Gasteiger partial charge in [-0.05, 0) is 33.6 Å². The second-order valence-corrected chi connectivity index (χ2v) is 5.92. The number of ether oxygens (including phenoxy) is 2. The molecule has 0 spiro atoms. The Labute approximate surface area is 125 Å². The number of fused-ring (bicyclic) bond motifs is 2. The predicted octanol–water partition coefficient (Wildman–Crippen LogP) is 3.57. The molecule has 0 saturated carbocycles. The SMILES string of the molecule is Nc1cccc(-c2c3c(c(Br)c4c2OCC4)OCC3)c1. The Morgan fingerprint density at radius 3 is 2.55 bits per heavy atom. The van der Waals surface area contributed by atoms with Crippen molar-refractivity contribution < 1.29 is 9.47 Å². The molecular weight excluding hydrogens is 318 g/mol. The maximum absolute atomic E-state index is 5.93. The third-order valence-corrected chi connectivity index (χ3v) is 4.75. The van der Waals surface area contributed by atoms with E-state index in [2.05, 4.69) is 22.0 Å². The first-order chi connectivity index (χ1) is 9.75. The van der Waals surface area contributed by atoms with Gasteiger partial charge in [0.05, 0.1) is 17.7 Å². The molecule has 4 rings (SSSR count). The third-order valence-electron chi connectivity index (χ3n) is 3.91. The molecule has 0 unspecified atom stereocenters. The van der Waals surface area contributed by atoms with Crippen LogP contribution in [0.25, 0.3) is 11.1 Å². The maximum atomic E-state index is 5.93. The van der Waals surface area contributed by atoms with Crippen molar-refractivity contribution in [3.8, 4) is 22.6 Å². The molecule has 0 fully saturated rings. The number of nitrogens with two attached hydrogens (primary N) is 1. The summed E-state index contributed by atoms with van der Waals surface area (Å²) >= 11 is 3.67.